The summed E-state index contributed by atoms with van der Waals surface area (Å²) in [5.41, 5.74) is 2.02. The average molecular weight is 380 g/mol. The Morgan fingerprint density at radius 1 is 1.12 bits per heavy atom. The molecule has 3 aromatic rings. The number of rotatable bonds is 3. The topological polar surface area (TPSA) is 63.2 Å². The largest absolute Gasteiger partial charge is 0.245 e. The molecule has 0 saturated carbocycles. The van der Waals surface area contributed by atoms with E-state index in [4.69, 9.17) is 11.6 Å². The van der Waals surface area contributed by atoms with Crippen LogP contribution in [0, 0.1) is 0 Å². The highest BCUT2D eigenvalue weighted by molar-refractivity contribution is 7.89. The lowest BCUT2D eigenvalue weighted by Gasteiger charge is -2.24. The lowest BCUT2D eigenvalue weighted by Crippen LogP contribution is -2.30. The molecule has 1 saturated heterocycles. The molecule has 1 aliphatic rings. The molecule has 0 unspecified atom stereocenters. The molecular weight excluding hydrogens is 366 g/mol. The van der Waals surface area contributed by atoms with Crippen LogP contribution in [0.3, 0.4) is 0 Å². The summed E-state index contributed by atoms with van der Waals surface area (Å²) < 4.78 is 36.4. The highest BCUT2D eigenvalue weighted by Gasteiger charge is 2.37. The Labute approximate surface area is 149 Å². The van der Waals surface area contributed by atoms with Gasteiger partial charge in [0.1, 0.15) is 15.9 Å². The molecule has 8 heteroatoms. The Morgan fingerprint density at radius 2 is 1.92 bits per heavy atom. The van der Waals surface area contributed by atoms with E-state index >= 15 is 0 Å². The fourth-order valence-electron chi connectivity index (χ4n) is 3.16. The number of benzene rings is 2. The molecule has 0 aliphatic carbocycles. The van der Waals surface area contributed by atoms with Crippen LogP contribution in [0.4, 0.5) is 0 Å². The van der Waals surface area contributed by atoms with Crippen LogP contribution >= 0.6 is 23.3 Å². The third kappa shape index (κ3) is 2.61. The molecule has 0 N–H and O–H groups in total. The highest BCUT2D eigenvalue weighted by atomic mass is 35.5. The van der Waals surface area contributed by atoms with Gasteiger partial charge in [-0.05, 0) is 42.7 Å². The van der Waals surface area contributed by atoms with Crippen molar-refractivity contribution in [3.8, 4) is 0 Å². The third-order valence-electron chi connectivity index (χ3n) is 4.29. The molecular formula is C16H14ClN3O2S2. The van der Waals surface area contributed by atoms with Gasteiger partial charge in [0.2, 0.25) is 10.0 Å². The summed E-state index contributed by atoms with van der Waals surface area (Å²) >= 11 is 6.97. The molecule has 2 aromatic carbocycles. The second kappa shape index (κ2) is 6.07. The van der Waals surface area contributed by atoms with Gasteiger partial charge >= 0.3 is 0 Å². The van der Waals surface area contributed by atoms with E-state index in [1.165, 1.54) is 0 Å². The minimum Gasteiger partial charge on any atom is -0.207 e. The van der Waals surface area contributed by atoms with Crippen LogP contribution in [-0.4, -0.2) is 28.0 Å². The second-order valence-corrected chi connectivity index (χ2v) is 8.54. The molecule has 124 valence electrons. The average Bonchev–Trinajstić information content (AvgIpc) is 3.24. The summed E-state index contributed by atoms with van der Waals surface area (Å²) in [7, 11) is -3.64. The zero-order valence-electron chi connectivity index (χ0n) is 12.6. The van der Waals surface area contributed by atoms with Crippen LogP contribution in [0.2, 0.25) is 5.02 Å². The van der Waals surface area contributed by atoms with Crippen molar-refractivity contribution in [2.45, 2.75) is 23.8 Å². The van der Waals surface area contributed by atoms with Gasteiger partial charge in [0.15, 0.2) is 0 Å². The van der Waals surface area contributed by atoms with Gasteiger partial charge in [0, 0.05) is 11.6 Å². The lowest BCUT2D eigenvalue weighted by atomic mass is 10.1. The van der Waals surface area contributed by atoms with Gasteiger partial charge in [-0.1, -0.05) is 29.8 Å². The zero-order chi connectivity index (χ0) is 16.7. The maximum Gasteiger partial charge on any atom is 0.245 e. The monoisotopic (exact) mass is 379 g/mol. The number of sulfonamides is 1. The fraction of sp³-hybridized carbons (Fsp3) is 0.250. The van der Waals surface area contributed by atoms with Crippen LogP contribution < -0.4 is 0 Å². The number of fused-ring (bicyclic) bond motifs is 1. The van der Waals surface area contributed by atoms with E-state index in [2.05, 4.69) is 8.75 Å². The predicted molar refractivity (Wildman–Crippen MR) is 94.7 cm³/mol. The van der Waals surface area contributed by atoms with Crippen LogP contribution in [0.5, 0.6) is 0 Å². The van der Waals surface area contributed by atoms with Crippen LogP contribution in [0.15, 0.2) is 47.4 Å². The van der Waals surface area contributed by atoms with Crippen LogP contribution in [-0.2, 0) is 10.0 Å². The molecule has 5 nitrogen and oxygen atoms in total. The van der Waals surface area contributed by atoms with Crippen molar-refractivity contribution in [2.75, 3.05) is 6.54 Å². The van der Waals surface area contributed by atoms with Gasteiger partial charge in [-0.15, -0.1) is 0 Å². The first-order valence-electron chi connectivity index (χ1n) is 7.56. The quantitative estimate of drug-likeness (QED) is 0.693. The number of halogens is 1. The molecule has 4 rings (SSSR count). The van der Waals surface area contributed by atoms with Crippen molar-refractivity contribution >= 4 is 44.4 Å². The molecule has 0 spiro atoms. The summed E-state index contributed by atoms with van der Waals surface area (Å²) in [5.74, 6) is 0. The molecule has 0 amide bonds. The molecule has 2 heterocycles. The van der Waals surface area contributed by atoms with E-state index in [-0.39, 0.29) is 10.9 Å². The molecule has 1 atom stereocenters. The Bertz CT molecular complexity index is 986. The lowest BCUT2D eigenvalue weighted by molar-refractivity contribution is 0.397. The smallest absolute Gasteiger partial charge is 0.207 e. The van der Waals surface area contributed by atoms with E-state index in [1.807, 2.05) is 12.1 Å². The van der Waals surface area contributed by atoms with Crippen LogP contribution in [0.1, 0.15) is 24.4 Å². The first-order valence-corrected chi connectivity index (χ1v) is 10.1. The van der Waals surface area contributed by atoms with Crippen molar-refractivity contribution in [2.24, 2.45) is 0 Å². The van der Waals surface area contributed by atoms with Crippen molar-refractivity contribution in [3.63, 3.8) is 0 Å². The SMILES string of the molecule is O=S(=O)(c1cccc2nsnc12)N1CCC[C@@H]1c1ccc(Cl)cc1. The summed E-state index contributed by atoms with van der Waals surface area (Å²) in [6.07, 6.45) is 1.63. The summed E-state index contributed by atoms with van der Waals surface area (Å²) in [4.78, 5) is 0.231. The molecule has 1 aliphatic heterocycles. The van der Waals surface area contributed by atoms with Crippen molar-refractivity contribution < 1.29 is 8.42 Å². The first kappa shape index (κ1) is 16.0. The predicted octanol–water partition coefficient (Wildman–Crippen LogP) is 3.87. The Morgan fingerprint density at radius 3 is 2.71 bits per heavy atom. The van der Waals surface area contributed by atoms with Crippen LogP contribution in [0.25, 0.3) is 11.0 Å². The van der Waals surface area contributed by atoms with Gasteiger partial charge in [0.05, 0.1) is 17.8 Å². The molecule has 24 heavy (non-hydrogen) atoms. The number of nitrogens with zero attached hydrogens (tertiary/aromatic N) is 3. The van der Waals surface area contributed by atoms with Gasteiger partial charge in [0.25, 0.3) is 0 Å². The van der Waals surface area contributed by atoms with E-state index in [0.717, 1.165) is 30.1 Å². The zero-order valence-corrected chi connectivity index (χ0v) is 15.0. The molecule has 0 bridgehead atoms. The normalized spacial score (nSPS) is 19.1. The Balaban J connectivity index is 1.78. The highest BCUT2D eigenvalue weighted by Crippen LogP contribution is 2.38. The fourth-order valence-corrected chi connectivity index (χ4v) is 5.72. The van der Waals surface area contributed by atoms with Gasteiger partial charge < -0.3 is 0 Å². The van der Waals surface area contributed by atoms with Gasteiger partial charge in [-0.25, -0.2) is 8.42 Å². The minimum atomic E-state index is -3.64. The molecule has 0 radical (unpaired) electrons. The van der Waals surface area contributed by atoms with E-state index in [0.29, 0.717) is 22.6 Å². The number of aromatic nitrogens is 2. The van der Waals surface area contributed by atoms with Crippen molar-refractivity contribution in [1.82, 2.24) is 13.1 Å². The second-order valence-electron chi connectivity index (χ2n) is 5.71. The first-order chi connectivity index (χ1) is 11.6. The van der Waals surface area contributed by atoms with E-state index in [1.54, 1.807) is 34.6 Å². The molecule has 1 aromatic heterocycles. The van der Waals surface area contributed by atoms with Crippen molar-refractivity contribution in [1.29, 1.82) is 0 Å². The van der Waals surface area contributed by atoms with E-state index < -0.39 is 10.0 Å². The maximum absolute atomic E-state index is 13.2. The van der Waals surface area contributed by atoms with Gasteiger partial charge in [-0.2, -0.15) is 13.1 Å². The summed E-state index contributed by atoms with van der Waals surface area (Å²) in [5, 5.41) is 0.643. The summed E-state index contributed by atoms with van der Waals surface area (Å²) in [6.45, 7) is 0.504. The van der Waals surface area contributed by atoms with E-state index in [9.17, 15) is 8.42 Å². The standard InChI is InChI=1S/C16H14ClN3O2S2/c17-12-8-6-11(7-9-12)14-4-2-10-20(14)24(21,22)15-5-1-3-13-16(15)19-23-18-13/h1,3,5-9,14H,2,4,10H2/t14-/m1/s1. The third-order valence-corrected chi connectivity index (χ3v) is 7.03. The summed E-state index contributed by atoms with van der Waals surface area (Å²) in [6, 6.07) is 12.3. The number of hydrogen-bond acceptors (Lipinski definition) is 5. The van der Waals surface area contributed by atoms with Crippen molar-refractivity contribution in [3.05, 3.63) is 53.1 Å². The maximum atomic E-state index is 13.2. The Kier molecular flexibility index (Phi) is 4.04. The minimum absolute atomic E-state index is 0.172. The number of hydrogen-bond donors (Lipinski definition) is 0. The van der Waals surface area contributed by atoms with Gasteiger partial charge in [-0.3, -0.25) is 0 Å². The molecule has 1 fully saturated rings. The Hall–Kier alpha value is -1.54.